The van der Waals surface area contributed by atoms with E-state index in [1.807, 2.05) is 6.92 Å². The summed E-state index contributed by atoms with van der Waals surface area (Å²) in [6, 6.07) is 0. The highest BCUT2D eigenvalue weighted by Crippen LogP contribution is 2.87. The number of hydrogen-bond acceptors (Lipinski definition) is 2. The van der Waals surface area contributed by atoms with Crippen LogP contribution in [-0.4, -0.2) is 22.4 Å². The minimum Gasteiger partial charge on any atom is -0.393 e. The molecule has 2 spiro atoms. The molecule has 5 rings (SSSR count). The normalized spacial score (nSPS) is 51.6. The fraction of sp³-hybridized carbons (Fsp3) is 0.931. The van der Waals surface area contributed by atoms with Gasteiger partial charge >= 0.3 is 0 Å². The molecule has 5 saturated carbocycles. The van der Waals surface area contributed by atoms with Crippen LogP contribution in [0.4, 0.5) is 0 Å². The molecule has 0 aromatic heterocycles. The Kier molecular flexibility index (Phi) is 5.13. The zero-order valence-electron chi connectivity index (χ0n) is 20.9. The molecular weight excluding hydrogens is 380 g/mol. The van der Waals surface area contributed by atoms with Crippen LogP contribution >= 0.6 is 0 Å². The van der Waals surface area contributed by atoms with Gasteiger partial charge in [-0.25, -0.2) is 0 Å². The van der Waals surface area contributed by atoms with Crippen molar-refractivity contribution in [3.63, 3.8) is 0 Å². The number of fused-ring (bicyclic) bond motifs is 2. The summed E-state index contributed by atoms with van der Waals surface area (Å²) in [7, 11) is 0. The van der Waals surface area contributed by atoms with Gasteiger partial charge in [0.05, 0.1) is 12.2 Å². The maximum absolute atomic E-state index is 10.8. The first-order chi connectivity index (χ1) is 14.5. The van der Waals surface area contributed by atoms with E-state index in [1.165, 1.54) is 51.4 Å². The first-order valence-electron chi connectivity index (χ1n) is 13.5. The molecule has 2 N–H and O–H groups in total. The molecule has 176 valence electrons. The molecule has 5 fully saturated rings. The lowest BCUT2D eigenvalue weighted by Gasteiger charge is -2.59. The SMILES string of the molecule is C=C(C)[C@H](O)CC[C@@H](C)[C@H]1CC[C@H]2[C@@H]3CC[C@H]4C(C)(C)[C@@H](O)CC[C@@]45C[C@@]35CC[C@]12C. The second-order valence-corrected chi connectivity index (χ2v) is 13.8. The van der Waals surface area contributed by atoms with Gasteiger partial charge in [0.1, 0.15) is 0 Å². The predicted octanol–water partition coefficient (Wildman–Crippen LogP) is 6.75. The quantitative estimate of drug-likeness (QED) is 0.475. The molecule has 5 aliphatic rings. The zero-order chi connectivity index (χ0) is 22.4. The van der Waals surface area contributed by atoms with Crippen molar-refractivity contribution in [3.05, 3.63) is 12.2 Å². The van der Waals surface area contributed by atoms with Crippen molar-refractivity contribution in [1.29, 1.82) is 0 Å². The van der Waals surface area contributed by atoms with Crippen LogP contribution in [-0.2, 0) is 0 Å². The van der Waals surface area contributed by atoms with Crippen LogP contribution in [0.3, 0.4) is 0 Å². The standard InChI is InChI=1S/C29H48O2/c1-18(2)23(30)11-7-19(3)20-8-9-21-22-10-12-24-26(4,5)25(31)13-14-29(24)17-28(22,29)16-15-27(20,21)6/h19-25,30-31H,1,7-17H2,2-6H3/t19-,20-,21+,22+,23-,24+,25+,27-,28+,29-/m1/s1. The molecule has 0 bridgehead atoms. The van der Waals surface area contributed by atoms with E-state index in [0.29, 0.717) is 22.2 Å². The molecular formula is C29H48O2. The highest BCUT2D eigenvalue weighted by atomic mass is 16.3. The molecule has 0 aromatic carbocycles. The number of hydrogen-bond donors (Lipinski definition) is 2. The van der Waals surface area contributed by atoms with Crippen LogP contribution in [0.5, 0.6) is 0 Å². The lowest BCUT2D eigenvalue weighted by atomic mass is 9.46. The van der Waals surface area contributed by atoms with Gasteiger partial charge in [-0.1, -0.05) is 39.8 Å². The third-order valence-corrected chi connectivity index (χ3v) is 12.5. The second kappa shape index (κ2) is 7.08. The van der Waals surface area contributed by atoms with E-state index in [-0.39, 0.29) is 17.6 Å². The summed E-state index contributed by atoms with van der Waals surface area (Å²) in [4.78, 5) is 0. The Hall–Kier alpha value is -0.340. The molecule has 0 radical (unpaired) electrons. The van der Waals surface area contributed by atoms with Crippen molar-refractivity contribution in [2.24, 2.45) is 51.2 Å². The maximum atomic E-state index is 10.8. The van der Waals surface area contributed by atoms with Crippen molar-refractivity contribution < 1.29 is 10.2 Å². The minimum absolute atomic E-state index is 0.0996. The smallest absolute Gasteiger partial charge is 0.0744 e. The minimum atomic E-state index is -0.325. The molecule has 31 heavy (non-hydrogen) atoms. The summed E-state index contributed by atoms with van der Waals surface area (Å²) in [5.41, 5.74) is 2.70. The highest BCUT2D eigenvalue weighted by molar-refractivity contribution is 5.28. The summed E-state index contributed by atoms with van der Waals surface area (Å²) in [6.07, 6.45) is 13.9. The van der Waals surface area contributed by atoms with Crippen LogP contribution in [0.2, 0.25) is 0 Å². The molecule has 0 unspecified atom stereocenters. The van der Waals surface area contributed by atoms with E-state index in [4.69, 9.17) is 0 Å². The first-order valence-corrected chi connectivity index (χ1v) is 13.5. The maximum Gasteiger partial charge on any atom is 0.0744 e. The van der Waals surface area contributed by atoms with Crippen molar-refractivity contribution in [1.82, 2.24) is 0 Å². The third-order valence-electron chi connectivity index (χ3n) is 12.5. The van der Waals surface area contributed by atoms with Crippen LogP contribution in [0.15, 0.2) is 12.2 Å². The lowest BCUT2D eigenvalue weighted by Crippen LogP contribution is -2.54. The van der Waals surface area contributed by atoms with Crippen molar-refractivity contribution in [3.8, 4) is 0 Å². The van der Waals surface area contributed by atoms with Crippen LogP contribution in [0, 0.1) is 51.2 Å². The van der Waals surface area contributed by atoms with Gasteiger partial charge in [0.15, 0.2) is 0 Å². The van der Waals surface area contributed by atoms with E-state index in [0.717, 1.165) is 48.5 Å². The van der Waals surface area contributed by atoms with E-state index in [1.54, 1.807) is 0 Å². The molecule has 5 aliphatic carbocycles. The Morgan fingerprint density at radius 1 is 0.935 bits per heavy atom. The largest absolute Gasteiger partial charge is 0.393 e. The zero-order valence-corrected chi connectivity index (χ0v) is 20.9. The molecule has 0 amide bonds. The summed E-state index contributed by atoms with van der Waals surface area (Å²) in [5.74, 6) is 4.11. The van der Waals surface area contributed by atoms with Crippen molar-refractivity contribution in [2.45, 2.75) is 117 Å². The second-order valence-electron chi connectivity index (χ2n) is 13.8. The van der Waals surface area contributed by atoms with Crippen molar-refractivity contribution in [2.75, 3.05) is 0 Å². The number of aliphatic hydroxyl groups excluding tert-OH is 2. The van der Waals surface area contributed by atoms with Crippen molar-refractivity contribution >= 4 is 0 Å². The van der Waals surface area contributed by atoms with E-state index >= 15 is 0 Å². The van der Waals surface area contributed by atoms with Crippen LogP contribution in [0.1, 0.15) is 105 Å². The van der Waals surface area contributed by atoms with Gasteiger partial charge in [0.25, 0.3) is 0 Å². The van der Waals surface area contributed by atoms with E-state index in [9.17, 15) is 10.2 Å². The third kappa shape index (κ3) is 2.89. The summed E-state index contributed by atoms with van der Waals surface area (Å²) in [5, 5.41) is 21.1. The summed E-state index contributed by atoms with van der Waals surface area (Å²) >= 11 is 0. The van der Waals surface area contributed by atoms with E-state index < -0.39 is 0 Å². The predicted molar refractivity (Wildman–Crippen MR) is 127 cm³/mol. The Balaban J connectivity index is 1.34. The van der Waals surface area contributed by atoms with Gasteiger partial charge in [0.2, 0.25) is 0 Å². The summed E-state index contributed by atoms with van der Waals surface area (Å²) < 4.78 is 0. The van der Waals surface area contributed by atoms with Gasteiger partial charge in [0, 0.05) is 0 Å². The lowest BCUT2D eigenvalue weighted by molar-refractivity contribution is -0.133. The molecule has 0 aromatic rings. The van der Waals surface area contributed by atoms with E-state index in [2.05, 4.69) is 34.3 Å². The Morgan fingerprint density at radius 3 is 2.35 bits per heavy atom. The molecule has 10 atom stereocenters. The Bertz CT molecular complexity index is 741. The van der Waals surface area contributed by atoms with Gasteiger partial charge in [-0.15, -0.1) is 0 Å². The van der Waals surface area contributed by atoms with Gasteiger partial charge in [-0.3, -0.25) is 0 Å². The van der Waals surface area contributed by atoms with Gasteiger partial charge in [-0.05, 0) is 129 Å². The molecule has 2 heteroatoms. The number of rotatable bonds is 5. The van der Waals surface area contributed by atoms with Crippen LogP contribution in [0.25, 0.3) is 0 Å². The van der Waals surface area contributed by atoms with Crippen LogP contribution < -0.4 is 0 Å². The summed E-state index contributed by atoms with van der Waals surface area (Å²) in [6.45, 7) is 15.8. The van der Waals surface area contributed by atoms with Gasteiger partial charge in [-0.2, -0.15) is 0 Å². The van der Waals surface area contributed by atoms with Gasteiger partial charge < -0.3 is 10.2 Å². The molecule has 0 aliphatic heterocycles. The Labute approximate surface area is 191 Å². The molecule has 0 saturated heterocycles. The average Bonchev–Trinajstić information content (AvgIpc) is 3.25. The fourth-order valence-corrected chi connectivity index (χ4v) is 10.7. The highest BCUT2D eigenvalue weighted by Gasteiger charge is 2.80. The Morgan fingerprint density at radius 2 is 1.65 bits per heavy atom. The molecule has 0 heterocycles. The first kappa shape index (κ1) is 22.5. The monoisotopic (exact) mass is 428 g/mol. The molecule has 2 nitrogen and oxygen atoms in total. The average molecular weight is 429 g/mol. The topological polar surface area (TPSA) is 40.5 Å². The number of aliphatic hydroxyl groups is 2. The fourth-order valence-electron chi connectivity index (χ4n) is 10.7.